The van der Waals surface area contributed by atoms with Crippen LogP contribution in [0, 0.1) is 0 Å². The molecule has 0 unspecified atom stereocenters. The maximum atomic E-state index is 13.0. The maximum Gasteiger partial charge on any atom is 0.251 e. The highest BCUT2D eigenvalue weighted by Crippen LogP contribution is 2.33. The number of benzene rings is 2. The van der Waals surface area contributed by atoms with Crippen molar-refractivity contribution in [2.24, 2.45) is 0 Å². The van der Waals surface area contributed by atoms with Gasteiger partial charge in [-0.25, -0.2) is 0 Å². The number of hydrogen-bond donors (Lipinski definition) is 1. The van der Waals surface area contributed by atoms with Gasteiger partial charge in [0.05, 0.1) is 16.8 Å². The molecule has 5 rings (SSSR count). The number of amides is 2. The summed E-state index contributed by atoms with van der Waals surface area (Å²) in [4.78, 5) is 55.3. The second-order valence-electron chi connectivity index (χ2n) is 9.11. The van der Waals surface area contributed by atoms with Gasteiger partial charge in [-0.15, -0.1) is 0 Å². The second kappa shape index (κ2) is 9.53. The molecule has 0 aromatic heterocycles. The van der Waals surface area contributed by atoms with E-state index in [-0.39, 0.29) is 51.3 Å². The van der Waals surface area contributed by atoms with Crippen LogP contribution in [0.3, 0.4) is 0 Å². The fraction of sp³-hybridized carbons (Fsp3) is 0.385. The summed E-state index contributed by atoms with van der Waals surface area (Å²) in [6.07, 6.45) is 1.33. The van der Waals surface area contributed by atoms with Gasteiger partial charge in [-0.05, 0) is 31.9 Å². The number of anilines is 1. The molecule has 3 aliphatic rings. The number of carbonyl (C=O) groups excluding carboxylic acids is 4. The Morgan fingerprint density at radius 3 is 2.23 bits per heavy atom. The van der Waals surface area contributed by atoms with Gasteiger partial charge in [0.15, 0.2) is 11.6 Å². The van der Waals surface area contributed by atoms with Gasteiger partial charge in [-0.1, -0.05) is 35.9 Å². The summed E-state index contributed by atoms with van der Waals surface area (Å²) in [6.45, 7) is 4.62. The minimum atomic E-state index is -0.472. The van der Waals surface area contributed by atoms with Crippen molar-refractivity contribution < 1.29 is 23.9 Å². The van der Waals surface area contributed by atoms with Gasteiger partial charge in [0.2, 0.25) is 5.91 Å². The number of ether oxygens (including phenoxy) is 1. The number of halogens is 1. The summed E-state index contributed by atoms with van der Waals surface area (Å²) in [5.41, 5.74) is 1.44. The van der Waals surface area contributed by atoms with E-state index in [2.05, 4.69) is 5.32 Å². The molecular formula is C26H26ClN3O5. The van der Waals surface area contributed by atoms with E-state index in [1.165, 1.54) is 12.1 Å². The van der Waals surface area contributed by atoms with E-state index in [1.54, 1.807) is 36.1 Å². The first-order valence-electron chi connectivity index (χ1n) is 11.8. The van der Waals surface area contributed by atoms with Crippen molar-refractivity contribution in [3.8, 4) is 0 Å². The van der Waals surface area contributed by atoms with Gasteiger partial charge >= 0.3 is 0 Å². The number of carbonyl (C=O) groups is 4. The van der Waals surface area contributed by atoms with E-state index >= 15 is 0 Å². The largest absolute Gasteiger partial charge is 0.368 e. The summed E-state index contributed by atoms with van der Waals surface area (Å²) in [5, 5.41) is 3.01. The summed E-state index contributed by atoms with van der Waals surface area (Å²) in [5.74, 6) is -0.789. The lowest BCUT2D eigenvalue weighted by molar-refractivity contribution is -0.143. The molecule has 0 spiro atoms. The Hall–Kier alpha value is -3.07. The van der Waals surface area contributed by atoms with E-state index in [4.69, 9.17) is 16.3 Å². The zero-order chi connectivity index (χ0) is 24.7. The van der Waals surface area contributed by atoms with Crippen LogP contribution in [0.5, 0.6) is 0 Å². The van der Waals surface area contributed by atoms with E-state index in [1.807, 2.05) is 4.90 Å². The number of nitrogens with one attached hydrogen (secondary N) is 1. The molecule has 9 heteroatoms. The fourth-order valence-electron chi connectivity index (χ4n) is 4.92. The van der Waals surface area contributed by atoms with Crippen LogP contribution in [0.25, 0.3) is 0 Å². The molecule has 2 aliphatic heterocycles. The zero-order valence-electron chi connectivity index (χ0n) is 19.4. The van der Waals surface area contributed by atoms with Crippen LogP contribution in [0.1, 0.15) is 51.6 Å². The molecule has 2 heterocycles. The minimum Gasteiger partial charge on any atom is -0.368 e. The lowest BCUT2D eigenvalue weighted by Crippen LogP contribution is -2.55. The van der Waals surface area contributed by atoms with Crippen molar-refractivity contribution in [1.29, 1.82) is 0 Å². The van der Waals surface area contributed by atoms with Gasteiger partial charge < -0.3 is 15.0 Å². The third-order valence-electron chi connectivity index (χ3n) is 7.03. The van der Waals surface area contributed by atoms with Crippen LogP contribution in [0.15, 0.2) is 36.4 Å². The third kappa shape index (κ3) is 4.37. The van der Waals surface area contributed by atoms with Crippen LogP contribution in [-0.2, 0) is 14.3 Å². The fourth-order valence-corrected chi connectivity index (χ4v) is 5.13. The van der Waals surface area contributed by atoms with Gasteiger partial charge in [0.25, 0.3) is 5.91 Å². The first-order chi connectivity index (χ1) is 16.8. The van der Waals surface area contributed by atoms with E-state index in [9.17, 15) is 19.2 Å². The molecule has 8 nitrogen and oxygen atoms in total. The Morgan fingerprint density at radius 1 is 1.00 bits per heavy atom. The van der Waals surface area contributed by atoms with Crippen molar-refractivity contribution in [1.82, 2.24) is 9.80 Å². The Labute approximate surface area is 208 Å². The summed E-state index contributed by atoms with van der Waals surface area (Å²) in [6, 6.07) is 9.13. The molecule has 0 radical (unpaired) electrons. The van der Waals surface area contributed by atoms with Crippen molar-refractivity contribution in [3.63, 3.8) is 0 Å². The average Bonchev–Trinajstić information content (AvgIpc) is 3.42. The highest BCUT2D eigenvalue weighted by molar-refractivity contribution is 6.36. The molecule has 2 amide bonds. The Bertz CT molecular complexity index is 1220. The standard InChI is InChI=1S/C26H26ClN3O5/c1-15(29-8-10-30(11-9-29)26(34)22-7-4-12-35-22)25(33)28-21-14-19-18(13-20(21)27)23(31)16-5-2-3-6-17(16)24(19)32/h2-3,5-6,13-15,22H,4,7-12H2,1H3,(H,28,33)/t15-,22-/m0/s1. The van der Waals surface area contributed by atoms with Crippen molar-refractivity contribution >= 4 is 40.7 Å². The summed E-state index contributed by atoms with van der Waals surface area (Å²) >= 11 is 6.40. The molecule has 1 N–H and O–H groups in total. The van der Waals surface area contributed by atoms with Gasteiger partial charge in [0.1, 0.15) is 6.10 Å². The number of fused-ring (bicyclic) bond motifs is 2. The van der Waals surface area contributed by atoms with E-state index in [0.29, 0.717) is 43.9 Å². The predicted molar refractivity (Wildman–Crippen MR) is 130 cm³/mol. The number of piperazine rings is 1. The number of nitrogens with zero attached hydrogens (tertiary/aromatic N) is 2. The molecule has 2 fully saturated rings. The summed E-state index contributed by atoms with van der Waals surface area (Å²) < 4.78 is 5.50. The Balaban J connectivity index is 1.26. The normalized spacial score (nSPS) is 20.9. The molecular weight excluding hydrogens is 470 g/mol. The molecule has 35 heavy (non-hydrogen) atoms. The quantitative estimate of drug-likeness (QED) is 0.598. The molecule has 182 valence electrons. The molecule has 0 bridgehead atoms. The predicted octanol–water partition coefficient (Wildman–Crippen LogP) is 2.77. The summed E-state index contributed by atoms with van der Waals surface area (Å²) in [7, 11) is 0. The van der Waals surface area contributed by atoms with E-state index < -0.39 is 6.04 Å². The lowest BCUT2D eigenvalue weighted by atomic mass is 9.84. The smallest absolute Gasteiger partial charge is 0.251 e. The maximum absolute atomic E-state index is 13.0. The van der Waals surface area contributed by atoms with Gasteiger partial charge in [-0.2, -0.15) is 0 Å². The van der Waals surface area contributed by atoms with Crippen LogP contribution in [0.4, 0.5) is 5.69 Å². The minimum absolute atomic E-state index is 0.0286. The zero-order valence-corrected chi connectivity index (χ0v) is 20.1. The van der Waals surface area contributed by atoms with Crippen molar-refractivity contribution in [3.05, 3.63) is 63.7 Å². The van der Waals surface area contributed by atoms with Gasteiger partial charge in [0, 0.05) is 55.0 Å². The van der Waals surface area contributed by atoms with Crippen molar-refractivity contribution in [2.75, 3.05) is 38.1 Å². The average molecular weight is 496 g/mol. The Morgan fingerprint density at radius 2 is 1.63 bits per heavy atom. The van der Waals surface area contributed by atoms with Crippen LogP contribution in [0.2, 0.25) is 5.02 Å². The van der Waals surface area contributed by atoms with Gasteiger partial charge in [-0.3, -0.25) is 24.1 Å². The first kappa shape index (κ1) is 23.7. The SMILES string of the molecule is C[C@@H](C(=O)Nc1cc2c(cc1Cl)C(=O)c1ccccc1C2=O)N1CCN(C(=O)[C@@H]2CCCO2)CC1. The van der Waals surface area contributed by atoms with Crippen LogP contribution >= 0.6 is 11.6 Å². The Kier molecular flexibility index (Phi) is 6.44. The third-order valence-corrected chi connectivity index (χ3v) is 7.34. The molecule has 2 aromatic rings. The second-order valence-corrected chi connectivity index (χ2v) is 9.52. The topological polar surface area (TPSA) is 96.0 Å². The molecule has 2 saturated heterocycles. The highest BCUT2D eigenvalue weighted by atomic mass is 35.5. The monoisotopic (exact) mass is 495 g/mol. The highest BCUT2D eigenvalue weighted by Gasteiger charge is 2.34. The first-order valence-corrected chi connectivity index (χ1v) is 12.2. The number of rotatable bonds is 4. The van der Waals surface area contributed by atoms with E-state index in [0.717, 1.165) is 12.8 Å². The number of hydrogen-bond acceptors (Lipinski definition) is 6. The molecule has 2 aromatic carbocycles. The lowest BCUT2D eigenvalue weighted by Gasteiger charge is -2.38. The van der Waals surface area contributed by atoms with Crippen LogP contribution in [-0.4, -0.2) is 78.1 Å². The molecule has 0 saturated carbocycles. The molecule has 2 atom stereocenters. The van der Waals surface area contributed by atoms with Crippen molar-refractivity contribution in [2.45, 2.75) is 31.9 Å². The number of ketones is 2. The van der Waals surface area contributed by atoms with Crippen LogP contribution < -0.4 is 5.32 Å². The molecule has 1 aliphatic carbocycles.